The Kier molecular flexibility index (Phi) is 5.17. The van der Waals surface area contributed by atoms with Gasteiger partial charge in [0.25, 0.3) is 0 Å². The first-order valence-electron chi connectivity index (χ1n) is 4.15. The van der Waals surface area contributed by atoms with Crippen LogP contribution in [-0.4, -0.2) is 18.7 Å². The van der Waals surface area contributed by atoms with E-state index in [1.807, 2.05) is 20.8 Å². The van der Waals surface area contributed by atoms with Crippen LogP contribution in [0.3, 0.4) is 0 Å². The lowest BCUT2D eigenvalue weighted by molar-refractivity contribution is 0.105. The van der Waals surface area contributed by atoms with Gasteiger partial charge in [0.15, 0.2) is 0 Å². The average molecular weight is 171 g/mol. The van der Waals surface area contributed by atoms with Crippen LogP contribution in [0.4, 0.5) is 4.79 Å². The highest BCUT2D eigenvalue weighted by Gasteiger charge is 2.05. The van der Waals surface area contributed by atoms with Crippen molar-refractivity contribution in [2.75, 3.05) is 6.54 Å². The van der Waals surface area contributed by atoms with Crippen molar-refractivity contribution in [3.63, 3.8) is 0 Å². The second-order valence-corrected chi connectivity index (χ2v) is 2.93. The molecule has 0 fully saturated rings. The van der Waals surface area contributed by atoms with Crippen molar-refractivity contribution >= 4 is 6.09 Å². The van der Waals surface area contributed by atoms with Gasteiger partial charge in [-0.05, 0) is 20.3 Å². The van der Waals surface area contributed by atoms with Crippen LogP contribution in [0, 0.1) is 0 Å². The molecule has 0 aromatic carbocycles. The first-order valence-corrected chi connectivity index (χ1v) is 4.15. The van der Waals surface area contributed by atoms with Gasteiger partial charge in [-0.2, -0.15) is 0 Å². The van der Waals surface area contributed by atoms with E-state index in [9.17, 15) is 4.79 Å². The van der Waals surface area contributed by atoms with Crippen LogP contribution >= 0.6 is 0 Å². The van der Waals surface area contributed by atoms with Crippen LogP contribution < -0.4 is 5.32 Å². The number of carbonyl (C=O) groups excluding carboxylic acids is 1. The molecule has 0 rings (SSSR count). The minimum Gasteiger partial charge on any atom is -0.447 e. The first-order chi connectivity index (χ1) is 5.56. The SMILES string of the molecule is C=C(C)CNC(=O)OC(C)CC. The quantitative estimate of drug-likeness (QED) is 0.658. The van der Waals surface area contributed by atoms with E-state index >= 15 is 0 Å². The molecule has 1 atom stereocenters. The average Bonchev–Trinajstić information content (AvgIpc) is 2.00. The largest absolute Gasteiger partial charge is 0.447 e. The maximum absolute atomic E-state index is 10.9. The molecule has 3 heteroatoms. The van der Waals surface area contributed by atoms with E-state index in [2.05, 4.69) is 11.9 Å². The molecule has 0 spiro atoms. The van der Waals surface area contributed by atoms with Crippen LogP contribution in [-0.2, 0) is 4.74 Å². The highest BCUT2D eigenvalue weighted by molar-refractivity contribution is 5.67. The van der Waals surface area contributed by atoms with Crippen LogP contribution in [0.1, 0.15) is 27.2 Å². The van der Waals surface area contributed by atoms with E-state index in [1.54, 1.807) is 0 Å². The molecule has 0 heterocycles. The molecule has 0 aliphatic carbocycles. The molecule has 0 radical (unpaired) electrons. The number of nitrogens with one attached hydrogen (secondary N) is 1. The lowest BCUT2D eigenvalue weighted by Crippen LogP contribution is -2.28. The Bertz CT molecular complexity index is 166. The van der Waals surface area contributed by atoms with Crippen molar-refractivity contribution in [2.45, 2.75) is 33.3 Å². The highest BCUT2D eigenvalue weighted by Crippen LogP contribution is 1.95. The normalized spacial score (nSPS) is 11.9. The Morgan fingerprint density at radius 2 is 2.25 bits per heavy atom. The Hall–Kier alpha value is -0.990. The zero-order valence-electron chi connectivity index (χ0n) is 8.02. The molecule has 0 saturated heterocycles. The summed E-state index contributed by atoms with van der Waals surface area (Å²) in [6.07, 6.45) is 0.447. The summed E-state index contributed by atoms with van der Waals surface area (Å²) in [7, 11) is 0. The Morgan fingerprint density at radius 3 is 2.67 bits per heavy atom. The maximum Gasteiger partial charge on any atom is 0.407 e. The van der Waals surface area contributed by atoms with Crippen molar-refractivity contribution in [3.05, 3.63) is 12.2 Å². The summed E-state index contributed by atoms with van der Waals surface area (Å²) in [6, 6.07) is 0. The van der Waals surface area contributed by atoms with Gasteiger partial charge in [-0.25, -0.2) is 4.79 Å². The molecule has 0 aliphatic rings. The van der Waals surface area contributed by atoms with E-state index in [4.69, 9.17) is 4.74 Å². The van der Waals surface area contributed by atoms with Gasteiger partial charge in [0, 0.05) is 6.54 Å². The third kappa shape index (κ3) is 5.77. The molecule has 70 valence electrons. The van der Waals surface area contributed by atoms with Crippen molar-refractivity contribution in [2.24, 2.45) is 0 Å². The molecule has 0 aliphatic heterocycles. The predicted molar refractivity (Wildman–Crippen MR) is 49.1 cm³/mol. The second kappa shape index (κ2) is 5.63. The number of hydrogen-bond acceptors (Lipinski definition) is 2. The molecule has 0 aromatic rings. The van der Waals surface area contributed by atoms with Crippen molar-refractivity contribution in [1.29, 1.82) is 0 Å². The number of ether oxygens (including phenoxy) is 1. The van der Waals surface area contributed by atoms with E-state index in [0.29, 0.717) is 6.54 Å². The minimum absolute atomic E-state index is 0.0184. The topological polar surface area (TPSA) is 38.3 Å². The third-order valence-electron chi connectivity index (χ3n) is 1.42. The van der Waals surface area contributed by atoms with Crippen molar-refractivity contribution < 1.29 is 9.53 Å². The summed E-state index contributed by atoms with van der Waals surface area (Å²) in [6.45, 7) is 9.82. The summed E-state index contributed by atoms with van der Waals surface area (Å²) in [4.78, 5) is 10.9. The third-order valence-corrected chi connectivity index (χ3v) is 1.42. The van der Waals surface area contributed by atoms with Gasteiger partial charge in [-0.1, -0.05) is 19.1 Å². The molecule has 1 N–H and O–H groups in total. The molecular formula is C9H17NO2. The minimum atomic E-state index is -0.368. The summed E-state index contributed by atoms with van der Waals surface area (Å²) in [5.74, 6) is 0. The number of amides is 1. The Morgan fingerprint density at radius 1 is 1.67 bits per heavy atom. The summed E-state index contributed by atoms with van der Waals surface area (Å²) < 4.78 is 4.96. The van der Waals surface area contributed by atoms with Gasteiger partial charge in [-0.3, -0.25) is 0 Å². The van der Waals surface area contributed by atoms with Gasteiger partial charge in [0.1, 0.15) is 6.10 Å². The zero-order valence-corrected chi connectivity index (χ0v) is 8.02. The van der Waals surface area contributed by atoms with Gasteiger partial charge in [0.2, 0.25) is 0 Å². The van der Waals surface area contributed by atoms with Crippen molar-refractivity contribution in [1.82, 2.24) is 5.32 Å². The van der Waals surface area contributed by atoms with Crippen molar-refractivity contribution in [3.8, 4) is 0 Å². The van der Waals surface area contributed by atoms with Crippen LogP contribution in [0.15, 0.2) is 12.2 Å². The smallest absolute Gasteiger partial charge is 0.407 e. The molecular weight excluding hydrogens is 154 g/mol. The highest BCUT2D eigenvalue weighted by atomic mass is 16.6. The molecule has 0 aromatic heterocycles. The zero-order chi connectivity index (χ0) is 9.56. The number of alkyl carbamates (subject to hydrolysis) is 1. The van der Waals surface area contributed by atoms with E-state index < -0.39 is 0 Å². The van der Waals surface area contributed by atoms with Crippen LogP contribution in [0.5, 0.6) is 0 Å². The maximum atomic E-state index is 10.9. The van der Waals surface area contributed by atoms with Gasteiger partial charge in [0.05, 0.1) is 0 Å². The van der Waals surface area contributed by atoms with E-state index in [0.717, 1.165) is 12.0 Å². The molecule has 1 amide bonds. The lowest BCUT2D eigenvalue weighted by Gasteiger charge is -2.11. The van der Waals surface area contributed by atoms with Gasteiger partial charge in [-0.15, -0.1) is 0 Å². The van der Waals surface area contributed by atoms with E-state index in [-0.39, 0.29) is 12.2 Å². The fraction of sp³-hybridized carbons (Fsp3) is 0.667. The monoisotopic (exact) mass is 171 g/mol. The van der Waals surface area contributed by atoms with Crippen LogP contribution in [0.25, 0.3) is 0 Å². The molecule has 0 bridgehead atoms. The fourth-order valence-electron chi connectivity index (χ4n) is 0.531. The predicted octanol–water partition coefficient (Wildman–Crippen LogP) is 2.09. The fourth-order valence-corrected chi connectivity index (χ4v) is 0.531. The first kappa shape index (κ1) is 11.0. The molecule has 12 heavy (non-hydrogen) atoms. The number of hydrogen-bond donors (Lipinski definition) is 1. The standard InChI is InChI=1S/C9H17NO2/c1-5-8(4)12-9(11)10-6-7(2)3/h8H,2,5-6H2,1,3-4H3,(H,10,11). The molecule has 0 saturated carbocycles. The Balaban J connectivity index is 3.53. The molecule has 3 nitrogen and oxygen atoms in total. The number of rotatable bonds is 4. The molecule has 1 unspecified atom stereocenters. The van der Waals surface area contributed by atoms with Crippen LogP contribution in [0.2, 0.25) is 0 Å². The van der Waals surface area contributed by atoms with Gasteiger partial charge < -0.3 is 10.1 Å². The summed E-state index contributed by atoms with van der Waals surface area (Å²) in [5, 5.41) is 2.59. The lowest BCUT2D eigenvalue weighted by atomic mass is 10.3. The summed E-state index contributed by atoms with van der Waals surface area (Å²) >= 11 is 0. The van der Waals surface area contributed by atoms with Gasteiger partial charge >= 0.3 is 6.09 Å². The van der Waals surface area contributed by atoms with E-state index in [1.165, 1.54) is 0 Å². The number of carbonyl (C=O) groups is 1. The summed E-state index contributed by atoms with van der Waals surface area (Å²) in [5.41, 5.74) is 0.913. The second-order valence-electron chi connectivity index (χ2n) is 2.93. The Labute approximate surface area is 73.8 Å².